The third-order valence-corrected chi connectivity index (χ3v) is 6.80. The number of Topliss-reactive ketones (excluding diaryl/α,β-unsaturated/α-hetero) is 1. The summed E-state index contributed by atoms with van der Waals surface area (Å²) in [6, 6.07) is 6.53. The van der Waals surface area contributed by atoms with Crippen molar-refractivity contribution < 1.29 is 4.79 Å². The summed E-state index contributed by atoms with van der Waals surface area (Å²) in [6.45, 7) is 2.10. The van der Waals surface area contributed by atoms with Crippen LogP contribution in [0.3, 0.4) is 0 Å². The first-order chi connectivity index (χ1) is 10.6. The highest BCUT2D eigenvalue weighted by molar-refractivity contribution is 9.10. The molecule has 2 heterocycles. The zero-order valence-electron chi connectivity index (χ0n) is 12.5. The Morgan fingerprint density at radius 1 is 1.23 bits per heavy atom. The molecule has 1 aromatic rings. The fourth-order valence-electron chi connectivity index (χ4n) is 3.60. The Labute approximate surface area is 143 Å². The van der Waals surface area contributed by atoms with Gasteiger partial charge >= 0.3 is 0 Å². The van der Waals surface area contributed by atoms with Gasteiger partial charge in [0.15, 0.2) is 5.78 Å². The van der Waals surface area contributed by atoms with E-state index in [0.717, 1.165) is 35.1 Å². The molecule has 0 bridgehead atoms. The van der Waals surface area contributed by atoms with Gasteiger partial charge in [0.25, 0.3) is 0 Å². The molecule has 0 saturated carbocycles. The normalized spacial score (nSPS) is 24.3. The average Bonchev–Trinajstić information content (AvgIpc) is 2.96. The molecule has 1 aromatic carbocycles. The van der Waals surface area contributed by atoms with Gasteiger partial charge < -0.3 is 5.32 Å². The quantitative estimate of drug-likeness (QED) is 0.764. The second-order valence-corrected chi connectivity index (χ2v) is 8.17. The van der Waals surface area contributed by atoms with Gasteiger partial charge in [-0.2, -0.15) is 0 Å². The summed E-state index contributed by atoms with van der Waals surface area (Å²) >= 11 is 5.56. The van der Waals surface area contributed by atoms with Crippen LogP contribution in [0.5, 0.6) is 0 Å². The molecular formula is C18H18BrNOS. The van der Waals surface area contributed by atoms with Gasteiger partial charge in [-0.15, -0.1) is 11.8 Å². The van der Waals surface area contributed by atoms with Gasteiger partial charge in [0, 0.05) is 44.4 Å². The summed E-state index contributed by atoms with van der Waals surface area (Å²) < 4.78 is 1.12. The average molecular weight is 376 g/mol. The standard InChI is InChI=1S/C18H18BrNOS/c1-10-5-6-11(9-12(10)19)16-17-13(3-2-4-15(17)21)20-14-7-8-22-18(14)16/h5-6,9,16,20H,2-4,7-8H2,1H3. The maximum atomic E-state index is 12.6. The van der Waals surface area contributed by atoms with Gasteiger partial charge in [-0.05, 0) is 43.4 Å². The number of rotatable bonds is 1. The molecule has 0 amide bonds. The highest BCUT2D eigenvalue weighted by Gasteiger charge is 2.38. The van der Waals surface area contributed by atoms with Crippen LogP contribution in [0, 0.1) is 6.92 Å². The van der Waals surface area contributed by atoms with Crippen molar-refractivity contribution in [3.63, 3.8) is 0 Å². The van der Waals surface area contributed by atoms with E-state index in [1.165, 1.54) is 27.4 Å². The van der Waals surface area contributed by atoms with E-state index in [9.17, 15) is 4.79 Å². The van der Waals surface area contributed by atoms with Crippen LogP contribution in [-0.2, 0) is 4.79 Å². The Morgan fingerprint density at radius 2 is 2.09 bits per heavy atom. The first-order valence-electron chi connectivity index (χ1n) is 7.80. The smallest absolute Gasteiger partial charge is 0.161 e. The Kier molecular flexibility index (Phi) is 3.69. The van der Waals surface area contributed by atoms with Crippen LogP contribution in [0.25, 0.3) is 0 Å². The molecule has 1 aliphatic carbocycles. The first kappa shape index (κ1) is 14.6. The SMILES string of the molecule is Cc1ccc(C2C3=C(CCS3)NC3=C2C(=O)CCC3)cc1Br. The molecule has 0 aromatic heterocycles. The maximum Gasteiger partial charge on any atom is 0.161 e. The van der Waals surface area contributed by atoms with Crippen LogP contribution < -0.4 is 5.32 Å². The fourth-order valence-corrected chi connectivity index (χ4v) is 5.27. The number of carbonyl (C=O) groups excluding carboxylic acids is 1. The number of thioether (sulfide) groups is 1. The predicted octanol–water partition coefficient (Wildman–Crippen LogP) is 4.80. The number of hydrogen-bond acceptors (Lipinski definition) is 3. The molecular weight excluding hydrogens is 358 g/mol. The van der Waals surface area contributed by atoms with Gasteiger partial charge in [-0.25, -0.2) is 0 Å². The fraction of sp³-hybridized carbons (Fsp3) is 0.389. The van der Waals surface area contributed by atoms with Crippen molar-refractivity contribution in [1.82, 2.24) is 5.32 Å². The molecule has 22 heavy (non-hydrogen) atoms. The van der Waals surface area contributed by atoms with Crippen LogP contribution in [0.15, 0.2) is 44.5 Å². The molecule has 1 N–H and O–H groups in total. The molecule has 0 radical (unpaired) electrons. The zero-order chi connectivity index (χ0) is 15.3. The number of aryl methyl sites for hydroxylation is 1. The summed E-state index contributed by atoms with van der Waals surface area (Å²) in [5, 5.41) is 3.58. The minimum absolute atomic E-state index is 0.142. The van der Waals surface area contributed by atoms with Crippen molar-refractivity contribution in [2.75, 3.05) is 5.75 Å². The number of benzene rings is 1. The van der Waals surface area contributed by atoms with E-state index < -0.39 is 0 Å². The molecule has 2 nitrogen and oxygen atoms in total. The number of carbonyl (C=O) groups is 1. The van der Waals surface area contributed by atoms with Crippen molar-refractivity contribution in [3.8, 4) is 0 Å². The number of allylic oxidation sites excluding steroid dienone is 4. The van der Waals surface area contributed by atoms with E-state index in [-0.39, 0.29) is 5.92 Å². The molecule has 4 rings (SSSR count). The van der Waals surface area contributed by atoms with Gasteiger partial charge in [-0.3, -0.25) is 4.79 Å². The molecule has 1 atom stereocenters. The minimum Gasteiger partial charge on any atom is -0.361 e. The van der Waals surface area contributed by atoms with Crippen LogP contribution in [-0.4, -0.2) is 11.5 Å². The lowest BCUT2D eigenvalue weighted by molar-refractivity contribution is -0.116. The monoisotopic (exact) mass is 375 g/mol. The lowest BCUT2D eigenvalue weighted by Gasteiger charge is -2.33. The Balaban J connectivity index is 1.87. The second-order valence-electron chi connectivity index (χ2n) is 6.18. The largest absolute Gasteiger partial charge is 0.361 e. The first-order valence-corrected chi connectivity index (χ1v) is 9.58. The topological polar surface area (TPSA) is 29.1 Å². The van der Waals surface area contributed by atoms with Crippen molar-refractivity contribution in [2.45, 2.75) is 38.5 Å². The molecule has 3 aliphatic rings. The summed E-state index contributed by atoms with van der Waals surface area (Å²) in [5.74, 6) is 1.59. The lowest BCUT2D eigenvalue weighted by atomic mass is 9.79. The summed E-state index contributed by atoms with van der Waals surface area (Å²) in [6.07, 6.45) is 3.77. The van der Waals surface area contributed by atoms with E-state index in [0.29, 0.717) is 12.2 Å². The summed E-state index contributed by atoms with van der Waals surface area (Å²) in [5.41, 5.74) is 6.02. The van der Waals surface area contributed by atoms with Gasteiger partial charge in [0.1, 0.15) is 0 Å². The number of dihydropyridines is 1. The molecule has 4 heteroatoms. The number of ketones is 1. The third-order valence-electron chi connectivity index (χ3n) is 4.75. The van der Waals surface area contributed by atoms with E-state index in [2.05, 4.69) is 46.4 Å². The highest BCUT2D eigenvalue weighted by atomic mass is 79.9. The third kappa shape index (κ3) is 2.28. The molecule has 114 valence electrons. The van der Waals surface area contributed by atoms with E-state index in [1.54, 1.807) is 0 Å². The molecule has 2 aliphatic heterocycles. The number of hydrogen-bond donors (Lipinski definition) is 1. The zero-order valence-corrected chi connectivity index (χ0v) is 14.9. The van der Waals surface area contributed by atoms with Crippen LogP contribution >= 0.6 is 27.7 Å². The van der Waals surface area contributed by atoms with Gasteiger partial charge in [0.05, 0.1) is 0 Å². The van der Waals surface area contributed by atoms with Crippen molar-refractivity contribution in [2.24, 2.45) is 0 Å². The van der Waals surface area contributed by atoms with Crippen LogP contribution in [0.2, 0.25) is 0 Å². The van der Waals surface area contributed by atoms with E-state index in [1.807, 2.05) is 11.8 Å². The van der Waals surface area contributed by atoms with Crippen molar-refractivity contribution in [1.29, 1.82) is 0 Å². The molecule has 0 fully saturated rings. The van der Waals surface area contributed by atoms with E-state index in [4.69, 9.17) is 0 Å². The Morgan fingerprint density at radius 3 is 2.91 bits per heavy atom. The van der Waals surface area contributed by atoms with Gasteiger partial charge in [-0.1, -0.05) is 28.1 Å². The summed E-state index contributed by atoms with van der Waals surface area (Å²) in [7, 11) is 0. The summed E-state index contributed by atoms with van der Waals surface area (Å²) in [4.78, 5) is 14.0. The lowest BCUT2D eigenvalue weighted by Crippen LogP contribution is -2.30. The van der Waals surface area contributed by atoms with E-state index >= 15 is 0 Å². The maximum absolute atomic E-state index is 12.6. The molecule has 0 saturated heterocycles. The highest BCUT2D eigenvalue weighted by Crippen LogP contribution is 2.50. The number of nitrogens with one attached hydrogen (secondary N) is 1. The number of halogens is 1. The van der Waals surface area contributed by atoms with Gasteiger partial charge in [0.2, 0.25) is 0 Å². The second kappa shape index (κ2) is 5.57. The minimum atomic E-state index is 0.142. The Hall–Kier alpha value is -1.00. The molecule has 0 spiro atoms. The van der Waals surface area contributed by atoms with Crippen LogP contribution in [0.4, 0.5) is 0 Å². The Bertz CT molecular complexity index is 735. The molecule has 1 unspecified atom stereocenters. The van der Waals surface area contributed by atoms with Crippen LogP contribution in [0.1, 0.15) is 42.7 Å². The predicted molar refractivity (Wildman–Crippen MR) is 94.7 cm³/mol. The van der Waals surface area contributed by atoms with Crippen molar-refractivity contribution in [3.05, 3.63) is 55.7 Å². The van der Waals surface area contributed by atoms with Crippen molar-refractivity contribution >= 4 is 33.5 Å².